The molecule has 0 aliphatic rings. The number of hydrogen-bond donors (Lipinski definition) is 1. The van der Waals surface area contributed by atoms with Gasteiger partial charge >= 0.3 is 0 Å². The van der Waals surface area contributed by atoms with Gasteiger partial charge in [0.2, 0.25) is 0 Å². The van der Waals surface area contributed by atoms with E-state index in [0.717, 1.165) is 6.42 Å². The van der Waals surface area contributed by atoms with E-state index in [0.29, 0.717) is 12.1 Å². The Morgan fingerprint density at radius 3 is 2.35 bits per heavy atom. The number of benzene rings is 1. The van der Waals surface area contributed by atoms with Gasteiger partial charge in [-0.2, -0.15) is 0 Å². The fraction of sp³-hybridized carbons (Fsp3) is 0.444. The van der Waals surface area contributed by atoms with E-state index in [1.54, 1.807) is 0 Å². The van der Waals surface area contributed by atoms with Crippen molar-refractivity contribution in [2.75, 3.05) is 0 Å². The van der Waals surface area contributed by atoms with Crippen molar-refractivity contribution < 1.29 is 0 Å². The number of rotatable bonds is 7. The Kier molecular flexibility index (Phi) is 5.81. The minimum atomic E-state index is 0.439. The molecule has 1 aromatic carbocycles. The van der Waals surface area contributed by atoms with Crippen molar-refractivity contribution in [3.63, 3.8) is 0 Å². The SMILES string of the molecule is CCCC(NC(CC)c1ccc(C)cc1)c1cccs1. The van der Waals surface area contributed by atoms with Crippen LogP contribution in [0.3, 0.4) is 0 Å². The summed E-state index contributed by atoms with van der Waals surface area (Å²) in [6, 6.07) is 14.2. The van der Waals surface area contributed by atoms with E-state index in [4.69, 9.17) is 0 Å². The molecule has 2 heteroatoms. The van der Waals surface area contributed by atoms with Gasteiger partial charge in [-0.15, -0.1) is 11.3 Å². The van der Waals surface area contributed by atoms with Gasteiger partial charge in [-0.1, -0.05) is 56.2 Å². The third-order valence-electron chi connectivity index (χ3n) is 3.75. The summed E-state index contributed by atoms with van der Waals surface area (Å²) < 4.78 is 0. The van der Waals surface area contributed by atoms with Crippen LogP contribution in [-0.4, -0.2) is 0 Å². The second-order valence-corrected chi connectivity index (χ2v) is 6.37. The van der Waals surface area contributed by atoms with E-state index < -0.39 is 0 Å². The minimum Gasteiger partial charge on any atom is -0.302 e. The molecule has 1 nitrogen and oxygen atoms in total. The molecule has 0 spiro atoms. The zero-order valence-electron chi connectivity index (χ0n) is 12.7. The van der Waals surface area contributed by atoms with E-state index in [-0.39, 0.29) is 0 Å². The Morgan fingerprint density at radius 1 is 1.05 bits per heavy atom. The fourth-order valence-corrected chi connectivity index (χ4v) is 3.40. The Hall–Kier alpha value is -1.12. The highest BCUT2D eigenvalue weighted by atomic mass is 32.1. The van der Waals surface area contributed by atoms with Crippen LogP contribution in [0.4, 0.5) is 0 Å². The highest BCUT2D eigenvalue weighted by Crippen LogP contribution is 2.28. The van der Waals surface area contributed by atoms with Gasteiger partial charge in [0.25, 0.3) is 0 Å². The summed E-state index contributed by atoms with van der Waals surface area (Å²) in [6.07, 6.45) is 3.53. The average molecular weight is 287 g/mol. The van der Waals surface area contributed by atoms with Crippen LogP contribution < -0.4 is 5.32 Å². The monoisotopic (exact) mass is 287 g/mol. The highest BCUT2D eigenvalue weighted by Gasteiger charge is 2.17. The first-order chi connectivity index (χ1) is 9.74. The molecule has 1 aromatic heterocycles. The van der Waals surface area contributed by atoms with Gasteiger partial charge in [0.15, 0.2) is 0 Å². The molecule has 108 valence electrons. The quantitative estimate of drug-likeness (QED) is 0.695. The highest BCUT2D eigenvalue weighted by molar-refractivity contribution is 7.10. The van der Waals surface area contributed by atoms with Crippen molar-refractivity contribution in [3.05, 3.63) is 57.8 Å². The van der Waals surface area contributed by atoms with Crippen molar-refractivity contribution in [3.8, 4) is 0 Å². The van der Waals surface area contributed by atoms with Crippen molar-refractivity contribution >= 4 is 11.3 Å². The molecule has 20 heavy (non-hydrogen) atoms. The lowest BCUT2D eigenvalue weighted by molar-refractivity contribution is 0.417. The molecule has 2 atom stereocenters. The largest absolute Gasteiger partial charge is 0.302 e. The molecule has 0 saturated carbocycles. The molecule has 2 aromatic rings. The van der Waals surface area contributed by atoms with E-state index in [1.165, 1.54) is 28.8 Å². The van der Waals surface area contributed by atoms with Gasteiger partial charge in [-0.3, -0.25) is 0 Å². The molecule has 0 amide bonds. The van der Waals surface area contributed by atoms with E-state index in [1.807, 2.05) is 11.3 Å². The fourth-order valence-electron chi connectivity index (χ4n) is 2.58. The first-order valence-electron chi connectivity index (χ1n) is 7.60. The maximum absolute atomic E-state index is 3.85. The number of nitrogens with one attached hydrogen (secondary N) is 1. The molecule has 1 N–H and O–H groups in total. The van der Waals surface area contributed by atoms with Crippen LogP contribution in [0.2, 0.25) is 0 Å². The maximum atomic E-state index is 3.85. The molecular formula is C18H25NS. The zero-order valence-corrected chi connectivity index (χ0v) is 13.5. The van der Waals surface area contributed by atoms with Gasteiger partial charge < -0.3 is 5.32 Å². The van der Waals surface area contributed by atoms with E-state index >= 15 is 0 Å². The molecule has 2 rings (SSSR count). The van der Waals surface area contributed by atoms with Crippen LogP contribution in [0, 0.1) is 6.92 Å². The second-order valence-electron chi connectivity index (χ2n) is 5.39. The summed E-state index contributed by atoms with van der Waals surface area (Å²) in [7, 11) is 0. The molecule has 0 bridgehead atoms. The standard InChI is InChI=1S/C18H25NS/c1-4-7-17(18-8-6-13-20-18)19-16(5-2)15-11-9-14(3)10-12-15/h6,8-13,16-17,19H,4-5,7H2,1-3H3. The lowest BCUT2D eigenvalue weighted by atomic mass is 10.0. The predicted molar refractivity (Wildman–Crippen MR) is 89.3 cm³/mol. The average Bonchev–Trinajstić information content (AvgIpc) is 2.99. The van der Waals surface area contributed by atoms with Crippen molar-refractivity contribution in [1.82, 2.24) is 5.32 Å². The smallest absolute Gasteiger partial charge is 0.0419 e. The van der Waals surface area contributed by atoms with Crippen LogP contribution in [-0.2, 0) is 0 Å². The van der Waals surface area contributed by atoms with E-state index in [9.17, 15) is 0 Å². The number of aryl methyl sites for hydroxylation is 1. The zero-order chi connectivity index (χ0) is 14.4. The Labute approximate surface area is 127 Å². The van der Waals surface area contributed by atoms with Crippen LogP contribution in [0.1, 0.15) is 61.2 Å². The second kappa shape index (κ2) is 7.61. The first-order valence-corrected chi connectivity index (χ1v) is 8.48. The summed E-state index contributed by atoms with van der Waals surface area (Å²) in [5.74, 6) is 0. The van der Waals surface area contributed by atoms with Crippen LogP contribution in [0.25, 0.3) is 0 Å². The molecule has 0 fully saturated rings. The van der Waals surface area contributed by atoms with Crippen LogP contribution in [0.5, 0.6) is 0 Å². The molecular weight excluding hydrogens is 262 g/mol. The molecule has 0 saturated heterocycles. The van der Waals surface area contributed by atoms with Crippen molar-refractivity contribution in [1.29, 1.82) is 0 Å². The lowest BCUT2D eigenvalue weighted by Gasteiger charge is -2.25. The van der Waals surface area contributed by atoms with Gasteiger partial charge in [-0.05, 0) is 36.8 Å². The summed E-state index contributed by atoms with van der Waals surface area (Å²) in [4.78, 5) is 1.46. The predicted octanol–water partition coefficient (Wildman–Crippen LogP) is 5.64. The summed E-state index contributed by atoms with van der Waals surface area (Å²) in [5, 5.41) is 6.03. The molecule has 0 radical (unpaired) electrons. The topological polar surface area (TPSA) is 12.0 Å². The first kappa shape index (κ1) is 15.3. The minimum absolute atomic E-state index is 0.439. The third kappa shape index (κ3) is 3.94. The van der Waals surface area contributed by atoms with Crippen LogP contribution in [0.15, 0.2) is 41.8 Å². The van der Waals surface area contributed by atoms with Crippen molar-refractivity contribution in [2.24, 2.45) is 0 Å². The number of hydrogen-bond acceptors (Lipinski definition) is 2. The lowest BCUT2D eigenvalue weighted by Crippen LogP contribution is -2.25. The molecule has 0 aliphatic heterocycles. The van der Waals surface area contributed by atoms with E-state index in [2.05, 4.69) is 67.9 Å². The van der Waals surface area contributed by atoms with Gasteiger partial charge in [0.05, 0.1) is 0 Å². The summed E-state index contributed by atoms with van der Waals surface area (Å²) in [5.41, 5.74) is 2.72. The van der Waals surface area contributed by atoms with Gasteiger partial charge in [-0.25, -0.2) is 0 Å². The number of thiophene rings is 1. The summed E-state index contributed by atoms with van der Waals surface area (Å²) in [6.45, 7) is 6.66. The van der Waals surface area contributed by atoms with Crippen molar-refractivity contribution in [2.45, 2.75) is 52.1 Å². The molecule has 1 heterocycles. The Balaban J connectivity index is 2.12. The Bertz CT molecular complexity index is 487. The maximum Gasteiger partial charge on any atom is 0.0419 e. The molecule has 2 unspecified atom stereocenters. The van der Waals surface area contributed by atoms with Gasteiger partial charge in [0.1, 0.15) is 0 Å². The summed E-state index contributed by atoms with van der Waals surface area (Å²) >= 11 is 1.86. The normalized spacial score (nSPS) is 14.2. The van der Waals surface area contributed by atoms with Gasteiger partial charge in [0, 0.05) is 17.0 Å². The Morgan fingerprint density at radius 2 is 1.80 bits per heavy atom. The molecule has 0 aliphatic carbocycles. The van der Waals surface area contributed by atoms with Crippen LogP contribution >= 0.6 is 11.3 Å². The third-order valence-corrected chi connectivity index (χ3v) is 4.74.